The Labute approximate surface area is 136 Å². The first-order valence-corrected chi connectivity index (χ1v) is 8.63. The second-order valence-electron chi connectivity index (χ2n) is 6.83. The molecule has 7 nitrogen and oxygen atoms in total. The second kappa shape index (κ2) is 6.03. The summed E-state index contributed by atoms with van der Waals surface area (Å²) >= 11 is 0. The van der Waals surface area contributed by atoms with Gasteiger partial charge < -0.3 is 4.52 Å². The molecule has 1 aliphatic heterocycles. The predicted octanol–water partition coefficient (Wildman–Crippen LogP) is 2.21. The van der Waals surface area contributed by atoms with Crippen LogP contribution < -0.4 is 0 Å². The highest BCUT2D eigenvalue weighted by molar-refractivity contribution is 5.02. The van der Waals surface area contributed by atoms with Crippen molar-refractivity contribution in [3.63, 3.8) is 0 Å². The van der Waals surface area contributed by atoms with Gasteiger partial charge in [0, 0.05) is 12.0 Å². The summed E-state index contributed by atoms with van der Waals surface area (Å²) in [5.41, 5.74) is 0. The molecule has 1 aliphatic carbocycles. The molecule has 23 heavy (non-hydrogen) atoms. The van der Waals surface area contributed by atoms with Crippen molar-refractivity contribution in [1.29, 1.82) is 0 Å². The van der Waals surface area contributed by atoms with Crippen molar-refractivity contribution >= 4 is 0 Å². The Balaban J connectivity index is 1.44. The molecule has 3 heterocycles. The summed E-state index contributed by atoms with van der Waals surface area (Å²) in [5, 5.41) is 8.68. The van der Waals surface area contributed by atoms with Gasteiger partial charge in [0.2, 0.25) is 5.89 Å². The van der Waals surface area contributed by atoms with E-state index in [-0.39, 0.29) is 0 Å². The normalized spacial score (nSPS) is 22.6. The summed E-state index contributed by atoms with van der Waals surface area (Å²) in [6.45, 7) is 6.72. The lowest BCUT2D eigenvalue weighted by molar-refractivity contribution is 0.117. The largest absolute Gasteiger partial charge is 0.339 e. The van der Waals surface area contributed by atoms with E-state index in [2.05, 4.69) is 25.1 Å². The van der Waals surface area contributed by atoms with Crippen molar-refractivity contribution in [3.05, 3.63) is 23.4 Å². The first-order chi connectivity index (χ1) is 11.2. The molecule has 2 aromatic heterocycles. The van der Waals surface area contributed by atoms with Crippen molar-refractivity contribution < 1.29 is 4.52 Å². The number of hydrogen-bond donors (Lipinski definition) is 0. The van der Waals surface area contributed by atoms with Gasteiger partial charge in [-0.05, 0) is 46.1 Å². The van der Waals surface area contributed by atoms with Gasteiger partial charge in [-0.2, -0.15) is 10.1 Å². The first-order valence-electron chi connectivity index (χ1n) is 8.63. The maximum absolute atomic E-state index is 5.39. The van der Waals surface area contributed by atoms with Gasteiger partial charge >= 0.3 is 0 Å². The molecule has 0 spiro atoms. The van der Waals surface area contributed by atoms with Crippen LogP contribution >= 0.6 is 0 Å². The standard InChI is InChI=1S/C16H24N6O/c1-11-17-12(2)22(19-11)9-14-5-3-4-8-21(14)10-15-18-16(23-20-15)13-6-7-13/h13-14H,3-10H2,1-2H3. The molecule has 2 aromatic rings. The molecule has 1 saturated heterocycles. The van der Waals surface area contributed by atoms with E-state index in [9.17, 15) is 0 Å². The van der Waals surface area contributed by atoms with Crippen molar-refractivity contribution in [2.75, 3.05) is 6.54 Å². The van der Waals surface area contributed by atoms with Gasteiger partial charge in [-0.3, -0.25) is 4.90 Å². The maximum atomic E-state index is 5.39. The summed E-state index contributed by atoms with van der Waals surface area (Å²) in [6, 6.07) is 0.464. The Kier molecular flexibility index (Phi) is 3.88. The zero-order valence-corrected chi connectivity index (χ0v) is 13.9. The summed E-state index contributed by atoms with van der Waals surface area (Å²) in [4.78, 5) is 11.5. The fraction of sp³-hybridized carbons (Fsp3) is 0.750. The number of nitrogens with zero attached hydrogens (tertiary/aromatic N) is 6. The van der Waals surface area contributed by atoms with Crippen LogP contribution in [0.25, 0.3) is 0 Å². The average molecular weight is 316 g/mol. The van der Waals surface area contributed by atoms with Crippen molar-refractivity contribution in [2.24, 2.45) is 0 Å². The molecular formula is C16H24N6O. The number of likely N-dealkylation sites (tertiary alicyclic amines) is 1. The van der Waals surface area contributed by atoms with E-state index in [0.29, 0.717) is 12.0 Å². The first kappa shape index (κ1) is 14.8. The Morgan fingerprint density at radius 3 is 2.74 bits per heavy atom. The summed E-state index contributed by atoms with van der Waals surface area (Å²) in [6.07, 6.45) is 6.08. The van der Waals surface area contributed by atoms with Crippen LogP contribution in [0.4, 0.5) is 0 Å². The Hall–Kier alpha value is -1.76. The van der Waals surface area contributed by atoms with Gasteiger partial charge in [0.05, 0.1) is 13.1 Å². The topological polar surface area (TPSA) is 72.9 Å². The zero-order valence-electron chi connectivity index (χ0n) is 13.9. The van der Waals surface area contributed by atoms with Crippen LogP contribution in [0.5, 0.6) is 0 Å². The van der Waals surface area contributed by atoms with Crippen LogP contribution in [-0.4, -0.2) is 42.4 Å². The third kappa shape index (κ3) is 3.29. The molecule has 0 radical (unpaired) electrons. The zero-order chi connectivity index (χ0) is 15.8. The number of rotatable bonds is 5. The van der Waals surface area contributed by atoms with Crippen LogP contribution in [0.3, 0.4) is 0 Å². The minimum atomic E-state index is 0.464. The molecule has 0 aromatic carbocycles. The van der Waals surface area contributed by atoms with Crippen molar-refractivity contribution in [2.45, 2.75) is 71.0 Å². The molecule has 124 valence electrons. The number of hydrogen-bond acceptors (Lipinski definition) is 6. The predicted molar refractivity (Wildman–Crippen MR) is 83.8 cm³/mol. The lowest BCUT2D eigenvalue weighted by atomic mass is 10.0. The fourth-order valence-corrected chi connectivity index (χ4v) is 3.42. The second-order valence-corrected chi connectivity index (χ2v) is 6.83. The van der Waals surface area contributed by atoms with Crippen LogP contribution in [0.15, 0.2) is 4.52 Å². The molecule has 2 fully saturated rings. The quantitative estimate of drug-likeness (QED) is 0.842. The molecular weight excluding hydrogens is 292 g/mol. The molecule has 7 heteroatoms. The summed E-state index contributed by atoms with van der Waals surface area (Å²) < 4.78 is 7.42. The van der Waals surface area contributed by atoms with E-state index in [4.69, 9.17) is 4.52 Å². The lowest BCUT2D eigenvalue weighted by Crippen LogP contribution is -2.42. The Morgan fingerprint density at radius 2 is 2.00 bits per heavy atom. The van der Waals surface area contributed by atoms with Gasteiger partial charge in [0.1, 0.15) is 11.6 Å². The van der Waals surface area contributed by atoms with E-state index >= 15 is 0 Å². The molecule has 2 aliphatic rings. The Bertz CT molecular complexity index is 674. The van der Waals surface area contributed by atoms with Crippen molar-refractivity contribution in [3.8, 4) is 0 Å². The van der Waals surface area contributed by atoms with Gasteiger partial charge in [-0.1, -0.05) is 11.6 Å². The minimum Gasteiger partial charge on any atom is -0.339 e. The third-order valence-electron chi connectivity index (χ3n) is 4.85. The molecule has 0 N–H and O–H groups in total. The monoisotopic (exact) mass is 316 g/mol. The van der Waals surface area contributed by atoms with Gasteiger partial charge in [-0.15, -0.1) is 0 Å². The molecule has 4 rings (SSSR count). The third-order valence-corrected chi connectivity index (χ3v) is 4.85. The van der Waals surface area contributed by atoms with Gasteiger partial charge in [0.15, 0.2) is 5.82 Å². The van der Waals surface area contributed by atoms with E-state index in [1.807, 2.05) is 18.5 Å². The Morgan fingerprint density at radius 1 is 1.13 bits per heavy atom. The summed E-state index contributed by atoms with van der Waals surface area (Å²) in [7, 11) is 0. The van der Waals surface area contributed by atoms with Crippen LogP contribution in [-0.2, 0) is 13.1 Å². The van der Waals surface area contributed by atoms with E-state index in [1.165, 1.54) is 32.1 Å². The van der Waals surface area contributed by atoms with E-state index in [1.54, 1.807) is 0 Å². The molecule has 0 bridgehead atoms. The molecule has 0 amide bonds. The number of aryl methyl sites for hydroxylation is 2. The van der Waals surface area contributed by atoms with Crippen LogP contribution in [0, 0.1) is 13.8 Å². The van der Waals surface area contributed by atoms with Gasteiger partial charge in [-0.25, -0.2) is 9.67 Å². The smallest absolute Gasteiger partial charge is 0.229 e. The van der Waals surface area contributed by atoms with E-state index < -0.39 is 0 Å². The van der Waals surface area contributed by atoms with E-state index in [0.717, 1.165) is 43.0 Å². The SMILES string of the molecule is Cc1nc(C)n(CC2CCCCN2Cc2noc(C3CC3)n2)n1. The fourth-order valence-electron chi connectivity index (χ4n) is 3.42. The molecule has 1 atom stereocenters. The maximum Gasteiger partial charge on any atom is 0.229 e. The van der Waals surface area contributed by atoms with Gasteiger partial charge in [0.25, 0.3) is 0 Å². The minimum absolute atomic E-state index is 0.464. The van der Waals surface area contributed by atoms with Crippen LogP contribution in [0.2, 0.25) is 0 Å². The van der Waals surface area contributed by atoms with Crippen molar-refractivity contribution in [1.82, 2.24) is 29.8 Å². The number of aromatic nitrogens is 5. The summed E-state index contributed by atoms with van der Waals surface area (Å²) in [5.74, 6) is 4.01. The molecule has 1 saturated carbocycles. The average Bonchev–Trinajstić information content (AvgIpc) is 3.20. The number of piperidine rings is 1. The highest BCUT2D eigenvalue weighted by Crippen LogP contribution is 2.38. The highest BCUT2D eigenvalue weighted by atomic mass is 16.5. The highest BCUT2D eigenvalue weighted by Gasteiger charge is 2.31. The lowest BCUT2D eigenvalue weighted by Gasteiger charge is -2.34. The van der Waals surface area contributed by atoms with Crippen LogP contribution in [0.1, 0.15) is 61.4 Å². The molecule has 1 unspecified atom stereocenters.